The molecule has 1 atom stereocenters. The van der Waals surface area contributed by atoms with Crippen molar-refractivity contribution in [3.63, 3.8) is 0 Å². The van der Waals surface area contributed by atoms with Gasteiger partial charge >= 0.3 is 5.97 Å². The standard InChI is InChI=1S/C14H19NO5S/c1-9(2)12(14(17)20-3)15-13(16)10-6-5-7-11(8-10)21(4,18)19/h5-9,12H,1-4H3,(H,15,16)/t12-/m1/s1. The van der Waals surface area contributed by atoms with Crippen LogP contribution in [0.2, 0.25) is 0 Å². The van der Waals surface area contributed by atoms with Gasteiger partial charge in [-0.05, 0) is 24.1 Å². The van der Waals surface area contributed by atoms with Crippen LogP contribution in [0.15, 0.2) is 29.2 Å². The molecular weight excluding hydrogens is 294 g/mol. The van der Waals surface area contributed by atoms with Crippen molar-refractivity contribution in [1.29, 1.82) is 0 Å². The molecule has 1 aromatic carbocycles. The third-order valence-corrected chi connectivity index (χ3v) is 4.04. The minimum atomic E-state index is -3.40. The summed E-state index contributed by atoms with van der Waals surface area (Å²) in [6.45, 7) is 3.55. The molecule has 0 aliphatic rings. The number of hydrogen-bond donors (Lipinski definition) is 1. The maximum atomic E-state index is 12.1. The average Bonchev–Trinajstić information content (AvgIpc) is 2.42. The predicted molar refractivity (Wildman–Crippen MR) is 77.7 cm³/mol. The molecule has 0 aliphatic heterocycles. The number of nitrogens with one attached hydrogen (secondary N) is 1. The molecule has 0 saturated heterocycles. The van der Waals surface area contributed by atoms with Gasteiger partial charge < -0.3 is 10.1 Å². The second kappa shape index (κ2) is 6.71. The minimum Gasteiger partial charge on any atom is -0.467 e. The topological polar surface area (TPSA) is 89.5 Å². The van der Waals surface area contributed by atoms with E-state index in [9.17, 15) is 18.0 Å². The van der Waals surface area contributed by atoms with Crippen LogP contribution in [0.3, 0.4) is 0 Å². The van der Waals surface area contributed by atoms with Crippen LogP contribution < -0.4 is 5.32 Å². The summed E-state index contributed by atoms with van der Waals surface area (Å²) in [7, 11) is -2.15. The number of benzene rings is 1. The van der Waals surface area contributed by atoms with Gasteiger partial charge in [0.05, 0.1) is 12.0 Å². The highest BCUT2D eigenvalue weighted by Gasteiger charge is 2.25. The Labute approximate surface area is 124 Å². The Kier molecular flexibility index (Phi) is 5.48. The average molecular weight is 313 g/mol. The Morgan fingerprint density at radius 1 is 1.24 bits per heavy atom. The summed E-state index contributed by atoms with van der Waals surface area (Å²) in [5.41, 5.74) is 0.174. The number of hydrogen-bond acceptors (Lipinski definition) is 5. The number of sulfone groups is 1. The minimum absolute atomic E-state index is 0.0503. The van der Waals surface area contributed by atoms with Gasteiger partial charge in [0.25, 0.3) is 5.91 Å². The number of ether oxygens (including phenoxy) is 1. The second-order valence-corrected chi connectivity index (χ2v) is 7.03. The molecule has 1 aromatic rings. The van der Waals surface area contributed by atoms with E-state index in [1.807, 2.05) is 0 Å². The maximum Gasteiger partial charge on any atom is 0.328 e. The predicted octanol–water partition coefficient (Wildman–Crippen LogP) is 1.02. The highest BCUT2D eigenvalue weighted by molar-refractivity contribution is 7.90. The van der Waals surface area contributed by atoms with Crippen LogP contribution in [0.25, 0.3) is 0 Å². The van der Waals surface area contributed by atoms with Gasteiger partial charge in [-0.15, -0.1) is 0 Å². The molecule has 0 radical (unpaired) electrons. The lowest BCUT2D eigenvalue weighted by molar-refractivity contribution is -0.144. The van der Waals surface area contributed by atoms with Gasteiger partial charge in [0, 0.05) is 11.8 Å². The molecule has 116 valence electrons. The molecule has 0 unspecified atom stereocenters. The molecule has 0 aromatic heterocycles. The third kappa shape index (κ3) is 4.56. The van der Waals surface area contributed by atoms with Crippen LogP contribution in [-0.2, 0) is 19.4 Å². The van der Waals surface area contributed by atoms with Crippen molar-refractivity contribution < 1.29 is 22.7 Å². The van der Waals surface area contributed by atoms with E-state index in [-0.39, 0.29) is 16.4 Å². The lowest BCUT2D eigenvalue weighted by atomic mass is 10.0. The van der Waals surface area contributed by atoms with Gasteiger partial charge in [0.1, 0.15) is 6.04 Å². The van der Waals surface area contributed by atoms with Crippen LogP contribution in [0.4, 0.5) is 0 Å². The van der Waals surface area contributed by atoms with Crippen LogP contribution in [-0.4, -0.2) is 39.7 Å². The molecule has 0 spiro atoms. The summed E-state index contributed by atoms with van der Waals surface area (Å²) in [6.07, 6.45) is 1.06. The third-order valence-electron chi connectivity index (χ3n) is 2.93. The molecule has 21 heavy (non-hydrogen) atoms. The zero-order valence-corrected chi connectivity index (χ0v) is 13.2. The first-order valence-corrected chi connectivity index (χ1v) is 8.24. The van der Waals surface area contributed by atoms with E-state index < -0.39 is 27.8 Å². The fourth-order valence-electron chi connectivity index (χ4n) is 1.72. The molecule has 0 saturated carbocycles. The van der Waals surface area contributed by atoms with E-state index in [1.165, 1.54) is 31.4 Å². The van der Waals surface area contributed by atoms with Crippen LogP contribution in [0.5, 0.6) is 0 Å². The van der Waals surface area contributed by atoms with Crippen molar-refractivity contribution in [3.8, 4) is 0 Å². The summed E-state index contributed by atoms with van der Waals surface area (Å²) < 4.78 is 27.6. The van der Waals surface area contributed by atoms with Crippen molar-refractivity contribution in [2.75, 3.05) is 13.4 Å². The van der Waals surface area contributed by atoms with E-state index in [2.05, 4.69) is 10.1 Å². The van der Waals surface area contributed by atoms with Crippen LogP contribution >= 0.6 is 0 Å². The number of esters is 1. The molecule has 1 amide bonds. The highest BCUT2D eigenvalue weighted by Crippen LogP contribution is 2.12. The Hall–Kier alpha value is -1.89. The fraction of sp³-hybridized carbons (Fsp3) is 0.429. The summed E-state index contributed by atoms with van der Waals surface area (Å²) in [4.78, 5) is 23.8. The van der Waals surface area contributed by atoms with Crippen molar-refractivity contribution in [3.05, 3.63) is 29.8 Å². The van der Waals surface area contributed by atoms with E-state index in [0.717, 1.165) is 6.26 Å². The SMILES string of the molecule is COC(=O)[C@H](NC(=O)c1cccc(S(C)(=O)=O)c1)C(C)C. The maximum absolute atomic E-state index is 12.1. The first-order valence-electron chi connectivity index (χ1n) is 6.35. The van der Waals surface area contributed by atoms with E-state index in [0.29, 0.717) is 0 Å². The first kappa shape index (κ1) is 17.2. The quantitative estimate of drug-likeness (QED) is 0.820. The van der Waals surface area contributed by atoms with Crippen molar-refractivity contribution in [2.45, 2.75) is 24.8 Å². The van der Waals surface area contributed by atoms with Crippen molar-refractivity contribution in [1.82, 2.24) is 5.32 Å². The second-order valence-electron chi connectivity index (χ2n) is 5.02. The van der Waals surface area contributed by atoms with Crippen LogP contribution in [0.1, 0.15) is 24.2 Å². The smallest absolute Gasteiger partial charge is 0.328 e. The van der Waals surface area contributed by atoms with Gasteiger partial charge in [-0.25, -0.2) is 13.2 Å². The summed E-state index contributed by atoms with van der Waals surface area (Å²) in [5, 5.41) is 2.55. The van der Waals surface area contributed by atoms with Crippen LogP contribution in [0, 0.1) is 5.92 Å². The summed E-state index contributed by atoms with van der Waals surface area (Å²) in [6, 6.07) is 4.86. The summed E-state index contributed by atoms with van der Waals surface area (Å²) >= 11 is 0. The highest BCUT2D eigenvalue weighted by atomic mass is 32.2. The lowest BCUT2D eigenvalue weighted by Crippen LogP contribution is -2.45. The molecule has 0 bridgehead atoms. The first-order chi connectivity index (χ1) is 9.66. The van der Waals surface area contributed by atoms with E-state index in [4.69, 9.17) is 0 Å². The van der Waals surface area contributed by atoms with E-state index >= 15 is 0 Å². The number of amides is 1. The van der Waals surface area contributed by atoms with Gasteiger partial charge in [-0.1, -0.05) is 19.9 Å². The molecule has 0 aliphatic carbocycles. The number of carbonyl (C=O) groups is 2. The van der Waals surface area contributed by atoms with Gasteiger partial charge in [-0.2, -0.15) is 0 Å². The molecule has 6 nitrogen and oxygen atoms in total. The van der Waals surface area contributed by atoms with Crippen molar-refractivity contribution >= 4 is 21.7 Å². The molecule has 0 fully saturated rings. The largest absolute Gasteiger partial charge is 0.467 e. The Balaban J connectivity index is 3.01. The number of rotatable bonds is 5. The Morgan fingerprint density at radius 2 is 1.86 bits per heavy atom. The fourth-order valence-corrected chi connectivity index (χ4v) is 2.38. The Bertz CT molecular complexity index is 637. The molecular formula is C14H19NO5S. The van der Waals surface area contributed by atoms with Gasteiger partial charge in [0.2, 0.25) is 0 Å². The molecule has 1 rings (SSSR count). The zero-order chi connectivity index (χ0) is 16.2. The van der Waals surface area contributed by atoms with E-state index in [1.54, 1.807) is 13.8 Å². The number of carbonyl (C=O) groups excluding carboxylic acids is 2. The lowest BCUT2D eigenvalue weighted by Gasteiger charge is -2.19. The van der Waals surface area contributed by atoms with Gasteiger partial charge in [0.15, 0.2) is 9.84 Å². The molecule has 1 N–H and O–H groups in total. The number of methoxy groups -OCH3 is 1. The normalized spacial score (nSPS) is 12.8. The van der Waals surface area contributed by atoms with Crippen molar-refractivity contribution in [2.24, 2.45) is 5.92 Å². The Morgan fingerprint density at radius 3 is 2.33 bits per heavy atom. The zero-order valence-electron chi connectivity index (χ0n) is 12.4. The summed E-state index contributed by atoms with van der Waals surface area (Å²) in [5.74, 6) is -1.22. The molecule has 7 heteroatoms. The van der Waals surface area contributed by atoms with Gasteiger partial charge in [-0.3, -0.25) is 4.79 Å². The molecule has 0 heterocycles. The monoisotopic (exact) mass is 313 g/mol.